The van der Waals surface area contributed by atoms with Crippen LogP contribution < -0.4 is 10.2 Å². The number of rotatable bonds is 7. The molecule has 2 aromatic rings. The molecule has 2 aromatic carbocycles. The highest BCUT2D eigenvalue weighted by atomic mass is 32.2. The fraction of sp³-hybridized carbons (Fsp3) is 0.217. The average Bonchev–Trinajstić information content (AvgIpc) is 3.04. The lowest BCUT2D eigenvalue weighted by molar-refractivity contribution is -0.123. The van der Waals surface area contributed by atoms with Crippen LogP contribution in [0.2, 0.25) is 0 Å². The summed E-state index contributed by atoms with van der Waals surface area (Å²) in [4.78, 5) is 52.0. The molecule has 0 aliphatic carbocycles. The van der Waals surface area contributed by atoms with Gasteiger partial charge >= 0.3 is 5.97 Å². The number of carbonyl (C=O) groups is 4. The van der Waals surface area contributed by atoms with Gasteiger partial charge in [-0.1, -0.05) is 12.1 Å². The maximum Gasteiger partial charge on any atom is 0.337 e. The van der Waals surface area contributed by atoms with Gasteiger partial charge in [-0.25, -0.2) is 4.79 Å². The van der Waals surface area contributed by atoms with E-state index in [0.717, 1.165) is 27.9 Å². The second-order valence-corrected chi connectivity index (χ2v) is 8.18. The van der Waals surface area contributed by atoms with E-state index in [0.29, 0.717) is 16.2 Å². The number of esters is 1. The first-order valence-corrected chi connectivity index (χ1v) is 10.6. The van der Waals surface area contributed by atoms with Crippen molar-refractivity contribution in [2.45, 2.75) is 6.42 Å². The summed E-state index contributed by atoms with van der Waals surface area (Å²) in [5.74, 6) is -1.23. The molecule has 0 bridgehead atoms. The number of nitrogens with zero attached hydrogens (tertiary/aromatic N) is 2. The van der Waals surface area contributed by atoms with E-state index < -0.39 is 17.1 Å². The summed E-state index contributed by atoms with van der Waals surface area (Å²) in [5, 5.41) is 2.28. The van der Waals surface area contributed by atoms with Gasteiger partial charge in [-0.15, -0.1) is 0 Å². The molecule has 1 aliphatic heterocycles. The molecule has 9 heteroatoms. The van der Waals surface area contributed by atoms with Crippen LogP contribution >= 0.6 is 11.8 Å². The Morgan fingerprint density at radius 1 is 1.06 bits per heavy atom. The van der Waals surface area contributed by atoms with E-state index in [2.05, 4.69) is 10.1 Å². The minimum absolute atomic E-state index is 0.0202. The van der Waals surface area contributed by atoms with Crippen molar-refractivity contribution in [3.05, 3.63) is 64.6 Å². The first kappa shape index (κ1) is 23.1. The van der Waals surface area contributed by atoms with Crippen molar-refractivity contribution >= 4 is 52.2 Å². The number of amides is 3. The molecule has 1 saturated heterocycles. The molecule has 0 aromatic heterocycles. The van der Waals surface area contributed by atoms with Crippen molar-refractivity contribution in [2.24, 2.45) is 0 Å². The van der Waals surface area contributed by atoms with Crippen molar-refractivity contribution in [2.75, 3.05) is 38.0 Å². The highest BCUT2D eigenvalue weighted by Gasteiger charge is 2.35. The van der Waals surface area contributed by atoms with Crippen LogP contribution in [0, 0.1) is 0 Å². The summed E-state index contributed by atoms with van der Waals surface area (Å²) in [5.41, 5.74) is 2.71. The lowest BCUT2D eigenvalue weighted by atomic mass is 10.2. The van der Waals surface area contributed by atoms with Gasteiger partial charge in [0.2, 0.25) is 5.91 Å². The quantitative estimate of drug-likeness (QED) is 0.505. The number of nitrogens with one attached hydrogen (secondary N) is 1. The molecule has 8 nitrogen and oxygen atoms in total. The van der Waals surface area contributed by atoms with Gasteiger partial charge < -0.3 is 15.0 Å². The molecule has 0 saturated carbocycles. The highest BCUT2D eigenvalue weighted by Crippen LogP contribution is 2.32. The van der Waals surface area contributed by atoms with Crippen molar-refractivity contribution in [3.8, 4) is 0 Å². The predicted octanol–water partition coefficient (Wildman–Crippen LogP) is 3.60. The van der Waals surface area contributed by atoms with Crippen LogP contribution in [-0.2, 0) is 14.3 Å². The van der Waals surface area contributed by atoms with Crippen LogP contribution in [0.5, 0.6) is 0 Å². The Hall–Kier alpha value is -3.59. The number of imide groups is 1. The summed E-state index contributed by atoms with van der Waals surface area (Å²) in [6.07, 6.45) is 1.63. The van der Waals surface area contributed by atoms with Gasteiger partial charge in [0.15, 0.2) is 0 Å². The molecule has 1 heterocycles. The van der Waals surface area contributed by atoms with Crippen LogP contribution in [0.15, 0.2) is 53.4 Å². The zero-order valence-electron chi connectivity index (χ0n) is 18.0. The third kappa shape index (κ3) is 5.55. The Morgan fingerprint density at radius 3 is 2.31 bits per heavy atom. The topological polar surface area (TPSA) is 96.0 Å². The number of carbonyl (C=O) groups excluding carboxylic acids is 4. The van der Waals surface area contributed by atoms with Gasteiger partial charge in [-0.05, 0) is 59.8 Å². The summed E-state index contributed by atoms with van der Waals surface area (Å²) >= 11 is 0.862. The lowest BCUT2D eigenvalue weighted by Gasteiger charge is -2.12. The van der Waals surface area contributed by atoms with Crippen LogP contribution in [0.25, 0.3) is 6.08 Å². The first-order valence-electron chi connectivity index (χ1n) is 9.79. The third-order valence-corrected chi connectivity index (χ3v) is 5.64. The van der Waals surface area contributed by atoms with Crippen molar-refractivity contribution in [3.63, 3.8) is 0 Å². The molecule has 32 heavy (non-hydrogen) atoms. The van der Waals surface area contributed by atoms with E-state index >= 15 is 0 Å². The molecule has 0 unspecified atom stereocenters. The van der Waals surface area contributed by atoms with E-state index in [1.807, 2.05) is 43.3 Å². The summed E-state index contributed by atoms with van der Waals surface area (Å²) in [6, 6.07) is 13.8. The SMILES string of the molecule is COC(=O)c1ccc(NC(=O)CCN2C(=O)SC(=Cc3ccc(N(C)C)cc3)C2=O)cc1. The maximum absolute atomic E-state index is 12.6. The molecule has 1 aliphatic rings. The van der Waals surface area contributed by atoms with Gasteiger partial charge in [0.05, 0.1) is 17.6 Å². The second kappa shape index (κ2) is 10.1. The number of hydrogen-bond acceptors (Lipinski definition) is 7. The number of methoxy groups -OCH3 is 1. The summed E-state index contributed by atoms with van der Waals surface area (Å²) < 4.78 is 4.63. The smallest absolute Gasteiger partial charge is 0.337 e. The van der Waals surface area contributed by atoms with Crippen molar-refractivity contribution < 1.29 is 23.9 Å². The fourth-order valence-corrected chi connectivity index (χ4v) is 3.82. The molecular weight excluding hydrogens is 430 g/mol. The predicted molar refractivity (Wildman–Crippen MR) is 124 cm³/mol. The van der Waals surface area contributed by atoms with Gasteiger partial charge in [0, 0.05) is 38.4 Å². The molecule has 3 amide bonds. The monoisotopic (exact) mass is 453 g/mol. The number of benzene rings is 2. The Kier molecular flexibility index (Phi) is 7.32. The molecule has 1 fully saturated rings. The normalized spacial score (nSPS) is 14.6. The van der Waals surface area contributed by atoms with Crippen molar-refractivity contribution in [1.29, 1.82) is 0 Å². The molecule has 0 radical (unpaired) electrons. The van der Waals surface area contributed by atoms with Gasteiger partial charge in [-0.2, -0.15) is 0 Å². The minimum atomic E-state index is -0.469. The first-order chi connectivity index (χ1) is 15.3. The van der Waals surface area contributed by atoms with Crippen LogP contribution in [0.4, 0.5) is 16.2 Å². The molecule has 3 rings (SSSR count). The van der Waals surface area contributed by atoms with E-state index in [9.17, 15) is 19.2 Å². The number of hydrogen-bond donors (Lipinski definition) is 1. The van der Waals surface area contributed by atoms with E-state index in [1.165, 1.54) is 19.2 Å². The van der Waals surface area contributed by atoms with E-state index in [4.69, 9.17) is 0 Å². The average molecular weight is 454 g/mol. The summed E-state index contributed by atoms with van der Waals surface area (Å²) in [6.45, 7) is -0.0202. The largest absolute Gasteiger partial charge is 0.465 e. The molecule has 1 N–H and O–H groups in total. The Labute approximate surface area is 190 Å². The van der Waals surface area contributed by atoms with E-state index in [-0.39, 0.29) is 18.9 Å². The molecule has 0 spiro atoms. The standard InChI is InChI=1S/C23H23N3O5S/c1-25(2)18-10-4-15(5-11-18)14-19-21(28)26(23(30)32-19)13-12-20(27)24-17-8-6-16(7-9-17)22(29)31-3/h4-11,14H,12-13H2,1-3H3,(H,24,27). The zero-order chi connectivity index (χ0) is 23.3. The Morgan fingerprint density at radius 2 is 1.72 bits per heavy atom. The van der Waals surface area contributed by atoms with Gasteiger partial charge in [0.1, 0.15) is 0 Å². The Bertz CT molecular complexity index is 1060. The number of ether oxygens (including phenoxy) is 1. The highest BCUT2D eigenvalue weighted by molar-refractivity contribution is 8.18. The van der Waals surface area contributed by atoms with Crippen LogP contribution in [0.3, 0.4) is 0 Å². The Balaban J connectivity index is 1.57. The van der Waals surface area contributed by atoms with Crippen LogP contribution in [0.1, 0.15) is 22.3 Å². The minimum Gasteiger partial charge on any atom is -0.465 e. The third-order valence-electron chi connectivity index (χ3n) is 4.73. The molecule has 166 valence electrons. The van der Waals surface area contributed by atoms with E-state index in [1.54, 1.807) is 18.2 Å². The fourth-order valence-electron chi connectivity index (χ4n) is 2.96. The second-order valence-electron chi connectivity index (χ2n) is 7.19. The lowest BCUT2D eigenvalue weighted by Crippen LogP contribution is -2.31. The summed E-state index contributed by atoms with van der Waals surface area (Å²) in [7, 11) is 5.17. The molecule has 0 atom stereocenters. The molecular formula is C23H23N3O5S. The van der Waals surface area contributed by atoms with Gasteiger partial charge in [0.25, 0.3) is 11.1 Å². The van der Waals surface area contributed by atoms with Crippen LogP contribution in [-0.4, -0.2) is 55.7 Å². The van der Waals surface area contributed by atoms with Crippen molar-refractivity contribution in [1.82, 2.24) is 4.90 Å². The zero-order valence-corrected chi connectivity index (χ0v) is 18.8. The van der Waals surface area contributed by atoms with Gasteiger partial charge in [-0.3, -0.25) is 19.3 Å². The maximum atomic E-state index is 12.6. The number of anilines is 2. The number of thioether (sulfide) groups is 1.